The van der Waals surface area contributed by atoms with Crippen LogP contribution in [0.3, 0.4) is 0 Å². The van der Waals surface area contributed by atoms with Crippen LogP contribution in [-0.2, 0) is 0 Å². The van der Waals surface area contributed by atoms with Crippen LogP contribution < -0.4 is 5.73 Å². The first-order chi connectivity index (χ1) is 6.77. The van der Waals surface area contributed by atoms with Gasteiger partial charge in [-0.1, -0.05) is 12.1 Å². The number of thiazole rings is 1. The van der Waals surface area contributed by atoms with Gasteiger partial charge in [-0.3, -0.25) is 4.79 Å². The van der Waals surface area contributed by atoms with Crippen molar-refractivity contribution in [1.29, 1.82) is 0 Å². The summed E-state index contributed by atoms with van der Waals surface area (Å²) in [5.74, 6) is -0.408. The number of nitrogens with two attached hydrogens (primary N) is 1. The zero-order valence-electron chi connectivity index (χ0n) is 7.31. The largest absolute Gasteiger partial charge is 0.366 e. The summed E-state index contributed by atoms with van der Waals surface area (Å²) in [6.07, 6.45) is 0. The Morgan fingerprint density at radius 2 is 2.00 bits per heavy atom. The van der Waals surface area contributed by atoms with Gasteiger partial charge in [-0.25, -0.2) is 4.98 Å². The average molecular weight is 204 g/mol. The van der Waals surface area contributed by atoms with E-state index in [-0.39, 0.29) is 0 Å². The number of carbonyl (C=O) groups excluding carboxylic acids is 1. The smallest absolute Gasteiger partial charge is 0.248 e. The van der Waals surface area contributed by atoms with Crippen LogP contribution in [0.15, 0.2) is 35.2 Å². The maximum atomic E-state index is 10.8. The van der Waals surface area contributed by atoms with Gasteiger partial charge >= 0.3 is 0 Å². The van der Waals surface area contributed by atoms with Gasteiger partial charge in [0.15, 0.2) is 0 Å². The predicted molar refractivity (Wildman–Crippen MR) is 56.1 cm³/mol. The van der Waals surface area contributed by atoms with Crippen LogP contribution in [0.4, 0.5) is 0 Å². The molecule has 2 aromatic rings. The molecule has 0 fully saturated rings. The highest BCUT2D eigenvalue weighted by Crippen LogP contribution is 2.18. The molecule has 0 aliphatic rings. The van der Waals surface area contributed by atoms with E-state index in [1.807, 2.05) is 17.5 Å². The Morgan fingerprint density at radius 1 is 1.29 bits per heavy atom. The Kier molecular flexibility index (Phi) is 2.28. The number of primary amides is 1. The van der Waals surface area contributed by atoms with Gasteiger partial charge in [-0.2, -0.15) is 0 Å². The molecule has 1 aromatic heterocycles. The van der Waals surface area contributed by atoms with Crippen LogP contribution in [0.5, 0.6) is 0 Å². The van der Waals surface area contributed by atoms with Gasteiger partial charge in [0.25, 0.3) is 0 Å². The van der Waals surface area contributed by atoms with E-state index in [0.29, 0.717) is 5.56 Å². The Balaban J connectivity index is 2.36. The molecule has 3 nitrogen and oxygen atoms in total. The molecule has 0 radical (unpaired) electrons. The number of hydrogen-bond acceptors (Lipinski definition) is 3. The molecular formula is C10H8N2OS. The van der Waals surface area contributed by atoms with Crippen LogP contribution in [0.1, 0.15) is 10.4 Å². The molecule has 14 heavy (non-hydrogen) atoms. The molecule has 0 saturated heterocycles. The third kappa shape index (κ3) is 1.65. The van der Waals surface area contributed by atoms with E-state index < -0.39 is 5.91 Å². The van der Waals surface area contributed by atoms with Gasteiger partial charge in [0.05, 0.1) is 11.2 Å². The van der Waals surface area contributed by atoms with Gasteiger partial charge in [0, 0.05) is 16.5 Å². The van der Waals surface area contributed by atoms with Gasteiger partial charge in [-0.15, -0.1) is 11.3 Å². The summed E-state index contributed by atoms with van der Waals surface area (Å²) in [5, 5.41) is 1.96. The Hall–Kier alpha value is -1.68. The summed E-state index contributed by atoms with van der Waals surface area (Å²) in [4.78, 5) is 15.0. The van der Waals surface area contributed by atoms with E-state index in [2.05, 4.69) is 4.98 Å². The molecule has 0 atom stereocenters. The number of nitrogens with zero attached hydrogens (tertiary/aromatic N) is 1. The molecule has 2 rings (SSSR count). The molecule has 1 heterocycles. The van der Waals surface area contributed by atoms with Crippen LogP contribution >= 0.6 is 11.3 Å². The summed E-state index contributed by atoms with van der Waals surface area (Å²) in [6, 6.07) is 7.10. The van der Waals surface area contributed by atoms with Crippen LogP contribution in [0, 0.1) is 0 Å². The second-order valence-electron chi connectivity index (χ2n) is 2.82. The van der Waals surface area contributed by atoms with Crippen molar-refractivity contribution in [2.75, 3.05) is 0 Å². The molecule has 70 valence electrons. The minimum Gasteiger partial charge on any atom is -0.366 e. The molecule has 0 aliphatic carbocycles. The molecule has 1 aromatic carbocycles. The maximum absolute atomic E-state index is 10.8. The number of benzene rings is 1. The van der Waals surface area contributed by atoms with Crippen molar-refractivity contribution in [3.63, 3.8) is 0 Å². The zero-order valence-corrected chi connectivity index (χ0v) is 8.12. The number of amides is 1. The third-order valence-electron chi connectivity index (χ3n) is 1.90. The van der Waals surface area contributed by atoms with E-state index in [1.165, 1.54) is 0 Å². The minimum atomic E-state index is -0.408. The fraction of sp³-hybridized carbons (Fsp3) is 0. The standard InChI is InChI=1S/C10H8N2OS/c11-10(13)8-3-1-7(2-4-8)9-5-14-6-12-9/h1-6H,(H2,11,13). The van der Waals surface area contributed by atoms with Gasteiger partial charge in [-0.05, 0) is 12.1 Å². The topological polar surface area (TPSA) is 56.0 Å². The lowest BCUT2D eigenvalue weighted by atomic mass is 10.1. The van der Waals surface area contributed by atoms with Gasteiger partial charge in [0.1, 0.15) is 0 Å². The third-order valence-corrected chi connectivity index (χ3v) is 2.48. The summed E-state index contributed by atoms with van der Waals surface area (Å²) in [5.41, 5.74) is 9.34. The van der Waals surface area contributed by atoms with Crippen molar-refractivity contribution in [3.8, 4) is 11.3 Å². The van der Waals surface area contributed by atoms with E-state index in [0.717, 1.165) is 11.3 Å². The lowest BCUT2D eigenvalue weighted by Gasteiger charge is -1.97. The van der Waals surface area contributed by atoms with E-state index in [9.17, 15) is 4.79 Å². The molecule has 0 spiro atoms. The summed E-state index contributed by atoms with van der Waals surface area (Å²) >= 11 is 1.54. The lowest BCUT2D eigenvalue weighted by Crippen LogP contribution is -2.10. The molecule has 1 amide bonds. The molecule has 0 aliphatic heterocycles. The summed E-state index contributed by atoms with van der Waals surface area (Å²) in [6.45, 7) is 0. The zero-order chi connectivity index (χ0) is 9.97. The van der Waals surface area contributed by atoms with Crippen molar-refractivity contribution in [2.45, 2.75) is 0 Å². The normalized spacial score (nSPS) is 10.0. The quantitative estimate of drug-likeness (QED) is 0.812. The molecule has 0 bridgehead atoms. The summed E-state index contributed by atoms with van der Waals surface area (Å²) in [7, 11) is 0. The second kappa shape index (κ2) is 3.59. The first-order valence-corrected chi connectivity index (χ1v) is 5.00. The van der Waals surface area contributed by atoms with Gasteiger partial charge < -0.3 is 5.73 Å². The Bertz CT molecular complexity index is 434. The van der Waals surface area contributed by atoms with Gasteiger partial charge in [0.2, 0.25) is 5.91 Å². The molecule has 2 N–H and O–H groups in total. The van der Waals surface area contributed by atoms with Crippen molar-refractivity contribution >= 4 is 17.2 Å². The fourth-order valence-corrected chi connectivity index (χ4v) is 1.72. The SMILES string of the molecule is NC(=O)c1ccc(-c2cscn2)cc1. The Labute approximate surface area is 85.2 Å². The van der Waals surface area contributed by atoms with E-state index >= 15 is 0 Å². The minimum absolute atomic E-state index is 0.408. The average Bonchev–Trinajstić information content (AvgIpc) is 2.71. The van der Waals surface area contributed by atoms with Crippen molar-refractivity contribution in [2.24, 2.45) is 5.73 Å². The van der Waals surface area contributed by atoms with Crippen LogP contribution in [-0.4, -0.2) is 10.9 Å². The monoisotopic (exact) mass is 204 g/mol. The lowest BCUT2D eigenvalue weighted by molar-refractivity contribution is 0.100. The number of carbonyl (C=O) groups is 1. The highest BCUT2D eigenvalue weighted by Gasteiger charge is 2.02. The molecular weight excluding hydrogens is 196 g/mol. The first-order valence-electron chi connectivity index (χ1n) is 4.06. The van der Waals surface area contributed by atoms with Crippen LogP contribution in [0.25, 0.3) is 11.3 Å². The Morgan fingerprint density at radius 3 is 2.50 bits per heavy atom. The predicted octanol–water partition coefficient (Wildman–Crippen LogP) is 1.91. The first kappa shape index (κ1) is 8.90. The van der Waals surface area contributed by atoms with Crippen molar-refractivity contribution in [1.82, 2.24) is 4.98 Å². The number of hydrogen-bond donors (Lipinski definition) is 1. The molecule has 4 heteroatoms. The highest BCUT2D eigenvalue weighted by atomic mass is 32.1. The number of rotatable bonds is 2. The maximum Gasteiger partial charge on any atom is 0.248 e. The molecule has 0 saturated carbocycles. The second-order valence-corrected chi connectivity index (χ2v) is 3.53. The van der Waals surface area contributed by atoms with E-state index in [4.69, 9.17) is 5.73 Å². The van der Waals surface area contributed by atoms with Crippen molar-refractivity contribution < 1.29 is 4.79 Å². The van der Waals surface area contributed by atoms with Crippen molar-refractivity contribution in [3.05, 3.63) is 40.7 Å². The van der Waals surface area contributed by atoms with Crippen LogP contribution in [0.2, 0.25) is 0 Å². The molecule has 0 unspecified atom stereocenters. The summed E-state index contributed by atoms with van der Waals surface area (Å²) < 4.78 is 0. The number of aromatic nitrogens is 1. The highest BCUT2D eigenvalue weighted by molar-refractivity contribution is 7.07. The van der Waals surface area contributed by atoms with E-state index in [1.54, 1.807) is 29.0 Å². The fourth-order valence-electron chi connectivity index (χ4n) is 1.16.